The van der Waals surface area contributed by atoms with Crippen LogP contribution in [-0.2, 0) is 23.6 Å². The summed E-state index contributed by atoms with van der Waals surface area (Å²) in [5.74, 6) is 0. The molecule has 10 heavy (non-hydrogen) atoms. The molecule has 0 spiro atoms. The Labute approximate surface area is 75.3 Å². The van der Waals surface area contributed by atoms with Gasteiger partial charge in [-0.1, -0.05) is 0 Å². The van der Waals surface area contributed by atoms with Gasteiger partial charge >= 0.3 is 0 Å². The number of hydrogen-bond acceptors (Lipinski definition) is 4. The highest BCUT2D eigenvalue weighted by Gasteiger charge is 2.16. The van der Waals surface area contributed by atoms with E-state index in [2.05, 4.69) is 23.6 Å². The van der Waals surface area contributed by atoms with E-state index in [0.29, 0.717) is 20.8 Å². The van der Waals surface area contributed by atoms with Gasteiger partial charge in [-0.3, -0.25) is 0 Å². The highest BCUT2D eigenvalue weighted by Crippen LogP contribution is 2.69. The Hall–Kier alpha value is 1.84. The normalized spacial score (nSPS) is 13.6. The Balaban J connectivity index is 3.79. The zero-order chi connectivity index (χ0) is 8.41. The minimum absolute atomic E-state index is 0.439. The van der Waals surface area contributed by atoms with Gasteiger partial charge in [0, 0.05) is 20.8 Å². The summed E-state index contributed by atoms with van der Waals surface area (Å²) < 4.78 is 0. The lowest BCUT2D eigenvalue weighted by Crippen LogP contribution is -1.66. The highest BCUT2D eigenvalue weighted by atomic mass is 33.5. The van der Waals surface area contributed by atoms with Crippen molar-refractivity contribution in [1.29, 1.82) is 0 Å². The van der Waals surface area contributed by atoms with Crippen molar-refractivity contribution in [1.82, 2.24) is 0 Å². The second-order valence-corrected chi connectivity index (χ2v) is 14.5. The average Bonchev–Trinajstić information content (AvgIpc) is 1.57. The molecule has 0 unspecified atom stereocenters. The average molecular weight is 258 g/mol. The Bertz CT molecular complexity index is 165. The molecule has 0 amide bonds. The van der Waals surface area contributed by atoms with Gasteiger partial charge in [0.05, 0.1) is 0 Å². The molecule has 10 heteroatoms. The van der Waals surface area contributed by atoms with E-state index in [1.165, 1.54) is 0 Å². The van der Waals surface area contributed by atoms with Crippen molar-refractivity contribution in [2.45, 2.75) is 0 Å². The minimum atomic E-state index is -3.41. The van der Waals surface area contributed by atoms with Crippen molar-refractivity contribution in [3.05, 3.63) is 0 Å². The van der Waals surface area contributed by atoms with E-state index in [-0.39, 0.29) is 0 Å². The number of rotatable bonds is 3. The molecule has 0 atom stereocenters. The molecule has 0 aliphatic heterocycles. The highest BCUT2D eigenvalue weighted by molar-refractivity contribution is 9.17. The van der Waals surface area contributed by atoms with E-state index in [9.17, 15) is 0 Å². The Kier molecular flexibility index (Phi) is 4.95. The van der Waals surface area contributed by atoms with Gasteiger partial charge in [-0.2, -0.15) is 0 Å². The first kappa shape index (κ1) is 11.8. The zero-order valence-electron chi connectivity index (χ0n) is 4.32. The van der Waals surface area contributed by atoms with Gasteiger partial charge in [0.15, 0.2) is 0 Å². The first-order valence-corrected chi connectivity index (χ1v) is 10.5. The fourth-order valence-corrected chi connectivity index (χ4v) is 11.4. The molecular weight excluding hydrogens is 254 g/mol. The van der Waals surface area contributed by atoms with Crippen LogP contribution >= 0.6 is 32.2 Å². The standard InChI is InChI=1S/H4O4P2S4/c1-5(2,7)9-10-6(3,4)8/h(H2,1,2,7)(H2,3,4,8). The smallest absolute Gasteiger partial charge is 0.253 e. The number of hydrogen-bond donors (Lipinski definition) is 4. The molecule has 0 saturated heterocycles. The summed E-state index contributed by atoms with van der Waals surface area (Å²) in [7, 11) is 0.879. The van der Waals surface area contributed by atoms with Crippen LogP contribution < -0.4 is 0 Å². The summed E-state index contributed by atoms with van der Waals surface area (Å²) in [4.78, 5) is 34.2. The van der Waals surface area contributed by atoms with Crippen LogP contribution in [0.25, 0.3) is 0 Å². The van der Waals surface area contributed by atoms with Gasteiger partial charge in [0.2, 0.25) is 0 Å². The van der Waals surface area contributed by atoms with E-state index >= 15 is 0 Å². The van der Waals surface area contributed by atoms with E-state index in [1.807, 2.05) is 0 Å². The maximum atomic E-state index is 8.55. The fraction of sp³-hybridized carbons (Fsp3) is 0. The summed E-state index contributed by atoms with van der Waals surface area (Å²) in [5.41, 5.74) is -6.82. The second kappa shape index (κ2) is 4.18. The van der Waals surface area contributed by atoms with Crippen LogP contribution in [0.5, 0.6) is 0 Å². The molecule has 0 fully saturated rings. The SMILES string of the molecule is OP(O)(=S)SSP(O)(O)=S. The van der Waals surface area contributed by atoms with Gasteiger partial charge in [-0.05, 0) is 23.6 Å². The molecule has 4 nitrogen and oxygen atoms in total. The van der Waals surface area contributed by atoms with Crippen LogP contribution in [0, 0.1) is 0 Å². The van der Waals surface area contributed by atoms with Crippen LogP contribution in [0.2, 0.25) is 0 Å². The topological polar surface area (TPSA) is 80.9 Å². The van der Waals surface area contributed by atoms with Crippen molar-refractivity contribution in [3.63, 3.8) is 0 Å². The maximum Gasteiger partial charge on any atom is 0.253 e. The summed E-state index contributed by atoms with van der Waals surface area (Å²) in [6, 6.07) is 0. The predicted octanol–water partition coefficient (Wildman–Crippen LogP) is 0.786. The molecule has 0 rings (SSSR count). The predicted molar refractivity (Wildman–Crippen MR) is 52.6 cm³/mol. The molecule has 0 saturated carbocycles. The Morgan fingerprint density at radius 1 is 0.800 bits per heavy atom. The van der Waals surface area contributed by atoms with E-state index < -0.39 is 11.4 Å². The molecule has 62 valence electrons. The molecule has 0 heterocycles. The summed E-state index contributed by atoms with van der Waals surface area (Å²) in [6.07, 6.45) is 0. The van der Waals surface area contributed by atoms with Gasteiger partial charge in [-0.15, -0.1) is 0 Å². The lowest BCUT2D eigenvalue weighted by atomic mass is 15.9. The molecule has 0 aromatic rings. The van der Waals surface area contributed by atoms with Gasteiger partial charge in [0.25, 0.3) is 11.4 Å². The van der Waals surface area contributed by atoms with Crippen molar-refractivity contribution in [2.75, 3.05) is 0 Å². The molecule has 0 radical (unpaired) electrons. The van der Waals surface area contributed by atoms with Crippen LogP contribution in [-0.4, -0.2) is 19.6 Å². The quantitative estimate of drug-likeness (QED) is 0.437. The maximum absolute atomic E-state index is 8.55. The van der Waals surface area contributed by atoms with Crippen molar-refractivity contribution < 1.29 is 19.6 Å². The fourth-order valence-electron chi connectivity index (χ4n) is 0.0868. The van der Waals surface area contributed by atoms with E-state index in [4.69, 9.17) is 19.6 Å². The zero-order valence-corrected chi connectivity index (χ0v) is 9.37. The second-order valence-electron chi connectivity index (χ2n) is 1.13. The monoisotopic (exact) mass is 258 g/mol. The molecule has 4 N–H and O–H groups in total. The van der Waals surface area contributed by atoms with Crippen LogP contribution in [0.3, 0.4) is 0 Å². The third-order valence-electron chi connectivity index (χ3n) is 0.228. The van der Waals surface area contributed by atoms with Crippen molar-refractivity contribution in [2.24, 2.45) is 0 Å². The Morgan fingerprint density at radius 3 is 1.10 bits per heavy atom. The third-order valence-corrected chi connectivity index (χ3v) is 11.2. The molecule has 0 aliphatic carbocycles. The van der Waals surface area contributed by atoms with Crippen LogP contribution in [0.4, 0.5) is 0 Å². The molecule has 0 bridgehead atoms. The largest absolute Gasteiger partial charge is 0.337 e. The first-order valence-electron chi connectivity index (χ1n) is 1.70. The summed E-state index contributed by atoms with van der Waals surface area (Å²) in [5, 5.41) is 0. The van der Waals surface area contributed by atoms with Gasteiger partial charge in [-0.25, -0.2) is 0 Å². The van der Waals surface area contributed by atoms with Gasteiger partial charge < -0.3 is 19.6 Å². The molecule has 0 aromatic heterocycles. The van der Waals surface area contributed by atoms with Crippen LogP contribution in [0.1, 0.15) is 0 Å². The van der Waals surface area contributed by atoms with E-state index in [0.717, 1.165) is 0 Å². The first-order chi connectivity index (χ1) is 4.21. The lowest BCUT2D eigenvalue weighted by molar-refractivity contribution is 0.500. The summed E-state index contributed by atoms with van der Waals surface area (Å²) in [6.45, 7) is 0. The molecule has 0 aromatic carbocycles. The molecule has 0 aliphatic rings. The molecular formula is H4O4P2S4. The van der Waals surface area contributed by atoms with Crippen LogP contribution in [0.15, 0.2) is 0 Å². The Morgan fingerprint density at radius 2 is 1.00 bits per heavy atom. The lowest BCUT2D eigenvalue weighted by Gasteiger charge is -2.07. The third kappa shape index (κ3) is 9.84. The minimum Gasteiger partial charge on any atom is -0.337 e. The van der Waals surface area contributed by atoms with Gasteiger partial charge in [0.1, 0.15) is 0 Å². The van der Waals surface area contributed by atoms with Crippen molar-refractivity contribution in [3.8, 4) is 0 Å². The van der Waals surface area contributed by atoms with Crippen molar-refractivity contribution >= 4 is 55.8 Å². The van der Waals surface area contributed by atoms with E-state index in [1.54, 1.807) is 0 Å². The summed E-state index contributed by atoms with van der Waals surface area (Å²) >= 11 is 8.33.